The lowest BCUT2D eigenvalue weighted by molar-refractivity contribution is -0.0793. The number of nitrogens with one attached hydrogen (secondary N) is 1. The molecule has 4 rings (SSSR count). The van der Waals surface area contributed by atoms with Gasteiger partial charge in [-0.3, -0.25) is 9.69 Å². The molecule has 4 nitrogen and oxygen atoms in total. The van der Waals surface area contributed by atoms with Crippen LogP contribution in [0.3, 0.4) is 0 Å². The van der Waals surface area contributed by atoms with Crippen molar-refractivity contribution >= 4 is 17.2 Å². The first kappa shape index (κ1) is 16.8. The number of rotatable bonds is 4. The Labute approximate surface area is 152 Å². The Morgan fingerprint density at radius 1 is 1.32 bits per heavy atom. The molecule has 1 spiro atoms. The van der Waals surface area contributed by atoms with Gasteiger partial charge in [0.1, 0.15) is 0 Å². The number of carbonyl (C=O) groups is 1. The summed E-state index contributed by atoms with van der Waals surface area (Å²) < 4.78 is 6.21. The van der Waals surface area contributed by atoms with Crippen molar-refractivity contribution in [2.24, 2.45) is 0 Å². The van der Waals surface area contributed by atoms with E-state index < -0.39 is 0 Å². The number of benzene rings is 1. The van der Waals surface area contributed by atoms with Crippen molar-refractivity contribution in [3.63, 3.8) is 0 Å². The van der Waals surface area contributed by atoms with Crippen LogP contribution in [0, 0.1) is 0 Å². The van der Waals surface area contributed by atoms with Crippen LogP contribution in [0.2, 0.25) is 0 Å². The third kappa shape index (κ3) is 3.94. The molecule has 0 bridgehead atoms. The molecule has 2 saturated heterocycles. The van der Waals surface area contributed by atoms with Crippen LogP contribution in [0.25, 0.3) is 0 Å². The molecule has 0 saturated carbocycles. The molecule has 0 aliphatic carbocycles. The van der Waals surface area contributed by atoms with E-state index in [9.17, 15) is 4.79 Å². The summed E-state index contributed by atoms with van der Waals surface area (Å²) in [6, 6.07) is 12.7. The van der Waals surface area contributed by atoms with Crippen LogP contribution in [0.4, 0.5) is 0 Å². The van der Waals surface area contributed by atoms with E-state index in [0.29, 0.717) is 0 Å². The number of likely N-dealkylation sites (tertiary alicyclic amines) is 1. The minimum absolute atomic E-state index is 0.0439. The SMILES string of the molecule is O=C(N[C@H]1CCO[C@@]2(CCN(Cc3ccccc3)C2)C1)c1ccsc1. The maximum absolute atomic E-state index is 12.3. The molecule has 2 aromatic rings. The number of nitrogens with zero attached hydrogens (tertiary/aromatic N) is 1. The number of amides is 1. The van der Waals surface area contributed by atoms with E-state index >= 15 is 0 Å². The van der Waals surface area contributed by atoms with E-state index in [1.165, 1.54) is 5.56 Å². The van der Waals surface area contributed by atoms with E-state index in [2.05, 4.69) is 40.5 Å². The highest BCUT2D eigenvalue weighted by atomic mass is 32.1. The van der Waals surface area contributed by atoms with Crippen molar-refractivity contribution in [1.82, 2.24) is 10.2 Å². The zero-order valence-electron chi connectivity index (χ0n) is 14.3. The van der Waals surface area contributed by atoms with Crippen molar-refractivity contribution in [3.05, 3.63) is 58.3 Å². The van der Waals surface area contributed by atoms with Gasteiger partial charge in [-0.05, 0) is 36.3 Å². The monoisotopic (exact) mass is 356 g/mol. The molecule has 1 aromatic heterocycles. The molecule has 2 aliphatic rings. The highest BCUT2D eigenvalue weighted by Gasteiger charge is 2.43. The lowest BCUT2D eigenvalue weighted by atomic mass is 9.89. The van der Waals surface area contributed by atoms with Gasteiger partial charge in [0.25, 0.3) is 5.91 Å². The van der Waals surface area contributed by atoms with Crippen molar-refractivity contribution < 1.29 is 9.53 Å². The summed E-state index contributed by atoms with van der Waals surface area (Å²) in [6.07, 6.45) is 2.86. The van der Waals surface area contributed by atoms with Crippen LogP contribution in [0.5, 0.6) is 0 Å². The summed E-state index contributed by atoms with van der Waals surface area (Å²) in [4.78, 5) is 14.8. The largest absolute Gasteiger partial charge is 0.373 e. The highest BCUT2D eigenvalue weighted by Crippen LogP contribution is 2.35. The molecule has 2 aliphatic heterocycles. The van der Waals surface area contributed by atoms with Crippen molar-refractivity contribution in [2.75, 3.05) is 19.7 Å². The van der Waals surface area contributed by atoms with E-state index in [-0.39, 0.29) is 17.6 Å². The van der Waals surface area contributed by atoms with Crippen LogP contribution >= 0.6 is 11.3 Å². The third-order valence-electron chi connectivity index (χ3n) is 5.26. The van der Waals surface area contributed by atoms with Gasteiger partial charge in [-0.1, -0.05) is 30.3 Å². The lowest BCUT2D eigenvalue weighted by Crippen LogP contribution is -2.49. The summed E-state index contributed by atoms with van der Waals surface area (Å²) in [7, 11) is 0. The molecule has 132 valence electrons. The van der Waals surface area contributed by atoms with Crippen LogP contribution in [-0.2, 0) is 11.3 Å². The zero-order chi connectivity index (χ0) is 17.1. The number of hydrogen-bond donors (Lipinski definition) is 1. The fourth-order valence-corrected chi connectivity index (χ4v) is 4.64. The fraction of sp³-hybridized carbons (Fsp3) is 0.450. The average Bonchev–Trinajstić information content (AvgIpc) is 3.27. The van der Waals surface area contributed by atoms with Gasteiger partial charge in [0.15, 0.2) is 0 Å². The highest BCUT2D eigenvalue weighted by molar-refractivity contribution is 7.08. The summed E-state index contributed by atoms with van der Waals surface area (Å²) in [5.41, 5.74) is 2.01. The molecule has 2 fully saturated rings. The number of thiophene rings is 1. The predicted molar refractivity (Wildman–Crippen MR) is 99.8 cm³/mol. The molecule has 1 amide bonds. The molecule has 0 radical (unpaired) electrons. The Balaban J connectivity index is 1.35. The molecule has 25 heavy (non-hydrogen) atoms. The standard InChI is InChI=1S/C20H24N2O2S/c23-19(17-7-11-25-14-17)21-18-6-10-24-20(12-18)8-9-22(15-20)13-16-4-2-1-3-5-16/h1-5,7,11,14,18H,6,8-10,12-13,15H2,(H,21,23)/t18-,20-/m0/s1. The van der Waals surface area contributed by atoms with Gasteiger partial charge in [0.05, 0.1) is 5.60 Å². The first-order valence-corrected chi connectivity index (χ1v) is 9.90. The van der Waals surface area contributed by atoms with Gasteiger partial charge < -0.3 is 10.1 Å². The Bertz CT molecular complexity index is 704. The minimum Gasteiger partial charge on any atom is -0.373 e. The normalized spacial score (nSPS) is 26.8. The molecule has 0 unspecified atom stereocenters. The maximum atomic E-state index is 12.3. The summed E-state index contributed by atoms with van der Waals surface area (Å²) in [5.74, 6) is 0.0439. The molecule has 5 heteroatoms. The van der Waals surface area contributed by atoms with E-state index in [0.717, 1.165) is 51.1 Å². The van der Waals surface area contributed by atoms with Gasteiger partial charge in [-0.2, -0.15) is 11.3 Å². The molecule has 1 N–H and O–H groups in total. The van der Waals surface area contributed by atoms with Crippen LogP contribution in [-0.4, -0.2) is 42.1 Å². The molecular weight excluding hydrogens is 332 g/mol. The third-order valence-corrected chi connectivity index (χ3v) is 5.94. The lowest BCUT2D eigenvalue weighted by Gasteiger charge is -2.38. The van der Waals surface area contributed by atoms with Gasteiger partial charge in [-0.15, -0.1) is 0 Å². The Kier molecular flexibility index (Phi) is 4.88. The Morgan fingerprint density at radius 2 is 2.20 bits per heavy atom. The van der Waals surface area contributed by atoms with Crippen LogP contribution in [0.15, 0.2) is 47.2 Å². The molecule has 2 atom stereocenters. The van der Waals surface area contributed by atoms with Gasteiger partial charge >= 0.3 is 0 Å². The van der Waals surface area contributed by atoms with E-state index in [1.54, 1.807) is 11.3 Å². The van der Waals surface area contributed by atoms with Gasteiger partial charge in [0, 0.05) is 43.2 Å². The maximum Gasteiger partial charge on any atom is 0.252 e. The van der Waals surface area contributed by atoms with E-state index in [4.69, 9.17) is 4.74 Å². The second-order valence-electron chi connectivity index (χ2n) is 7.15. The number of hydrogen-bond acceptors (Lipinski definition) is 4. The Morgan fingerprint density at radius 3 is 3.00 bits per heavy atom. The molecular formula is C20H24N2O2S. The topological polar surface area (TPSA) is 41.6 Å². The van der Waals surface area contributed by atoms with Crippen LogP contribution < -0.4 is 5.32 Å². The molecule has 3 heterocycles. The number of carbonyl (C=O) groups excluding carboxylic acids is 1. The summed E-state index contributed by atoms with van der Waals surface area (Å²) in [6.45, 7) is 3.71. The second-order valence-corrected chi connectivity index (χ2v) is 7.93. The molecule has 1 aromatic carbocycles. The fourth-order valence-electron chi connectivity index (χ4n) is 4.00. The van der Waals surface area contributed by atoms with E-state index in [1.807, 2.05) is 16.8 Å². The summed E-state index contributed by atoms with van der Waals surface area (Å²) in [5, 5.41) is 7.05. The Hall–Kier alpha value is -1.69. The van der Waals surface area contributed by atoms with Gasteiger partial charge in [-0.25, -0.2) is 0 Å². The van der Waals surface area contributed by atoms with Crippen molar-refractivity contribution in [2.45, 2.75) is 37.5 Å². The smallest absolute Gasteiger partial charge is 0.252 e. The predicted octanol–water partition coefficient (Wildman–Crippen LogP) is 3.30. The van der Waals surface area contributed by atoms with Crippen LogP contribution in [0.1, 0.15) is 35.2 Å². The quantitative estimate of drug-likeness (QED) is 0.914. The van der Waals surface area contributed by atoms with Crippen molar-refractivity contribution in [1.29, 1.82) is 0 Å². The van der Waals surface area contributed by atoms with Crippen molar-refractivity contribution in [3.8, 4) is 0 Å². The first-order chi connectivity index (χ1) is 12.2. The average molecular weight is 356 g/mol. The summed E-state index contributed by atoms with van der Waals surface area (Å²) >= 11 is 1.56. The minimum atomic E-state index is -0.0976. The zero-order valence-corrected chi connectivity index (χ0v) is 15.1. The van der Waals surface area contributed by atoms with Gasteiger partial charge in [0.2, 0.25) is 0 Å². The second kappa shape index (κ2) is 7.28. The first-order valence-electron chi connectivity index (χ1n) is 8.96. The number of ether oxygens (including phenoxy) is 1.